The van der Waals surface area contributed by atoms with Crippen LogP contribution in [0.3, 0.4) is 0 Å². The lowest BCUT2D eigenvalue weighted by atomic mass is 9.93. The first-order valence-corrected chi connectivity index (χ1v) is 6.36. The van der Waals surface area contributed by atoms with Gasteiger partial charge in [0.25, 0.3) is 5.69 Å². The van der Waals surface area contributed by atoms with Gasteiger partial charge in [0.2, 0.25) is 0 Å². The SMILES string of the molecule is Cc1ccccc1CC(C(=O)O)c1ccc([N+](=O)[O-])cn1. The summed E-state index contributed by atoms with van der Waals surface area (Å²) in [4.78, 5) is 25.4. The van der Waals surface area contributed by atoms with Gasteiger partial charge in [-0.2, -0.15) is 0 Å². The molecule has 0 saturated carbocycles. The highest BCUT2D eigenvalue weighted by Crippen LogP contribution is 2.23. The second-order valence-electron chi connectivity index (χ2n) is 4.72. The Kier molecular flexibility index (Phi) is 4.27. The summed E-state index contributed by atoms with van der Waals surface area (Å²) < 4.78 is 0. The van der Waals surface area contributed by atoms with Crippen molar-refractivity contribution in [3.63, 3.8) is 0 Å². The average Bonchev–Trinajstić information content (AvgIpc) is 2.46. The molecule has 2 rings (SSSR count). The highest BCUT2D eigenvalue weighted by Gasteiger charge is 2.23. The first-order chi connectivity index (χ1) is 9.99. The lowest BCUT2D eigenvalue weighted by Crippen LogP contribution is -2.16. The van der Waals surface area contributed by atoms with Crippen LogP contribution in [0.1, 0.15) is 22.7 Å². The number of benzene rings is 1. The molecule has 108 valence electrons. The molecule has 1 heterocycles. The fraction of sp³-hybridized carbons (Fsp3) is 0.200. The molecule has 0 aliphatic carbocycles. The van der Waals surface area contributed by atoms with Crippen molar-refractivity contribution in [1.29, 1.82) is 0 Å². The maximum absolute atomic E-state index is 11.5. The number of hydrogen-bond acceptors (Lipinski definition) is 4. The maximum Gasteiger partial charge on any atom is 0.312 e. The number of aliphatic carboxylic acids is 1. The topological polar surface area (TPSA) is 93.3 Å². The number of carbonyl (C=O) groups is 1. The summed E-state index contributed by atoms with van der Waals surface area (Å²) in [6.07, 6.45) is 1.38. The highest BCUT2D eigenvalue weighted by atomic mass is 16.6. The number of pyridine rings is 1. The molecule has 1 aromatic carbocycles. The molecule has 6 heteroatoms. The Morgan fingerprint density at radius 1 is 1.33 bits per heavy atom. The van der Waals surface area contributed by atoms with Gasteiger partial charge in [-0.3, -0.25) is 19.9 Å². The Morgan fingerprint density at radius 2 is 2.05 bits per heavy atom. The molecule has 1 N–H and O–H groups in total. The van der Waals surface area contributed by atoms with Gasteiger partial charge in [-0.25, -0.2) is 0 Å². The fourth-order valence-electron chi connectivity index (χ4n) is 2.09. The fourth-order valence-corrected chi connectivity index (χ4v) is 2.09. The van der Waals surface area contributed by atoms with E-state index in [4.69, 9.17) is 0 Å². The van der Waals surface area contributed by atoms with Crippen LogP contribution in [0, 0.1) is 17.0 Å². The third-order valence-corrected chi connectivity index (χ3v) is 3.32. The van der Waals surface area contributed by atoms with Crippen molar-refractivity contribution in [2.45, 2.75) is 19.3 Å². The molecule has 0 amide bonds. The van der Waals surface area contributed by atoms with Gasteiger partial charge >= 0.3 is 5.97 Å². The quantitative estimate of drug-likeness (QED) is 0.673. The molecule has 1 atom stereocenters. The van der Waals surface area contributed by atoms with Gasteiger partial charge in [-0.15, -0.1) is 0 Å². The average molecular weight is 286 g/mol. The van der Waals surface area contributed by atoms with Gasteiger partial charge in [-0.1, -0.05) is 24.3 Å². The first kappa shape index (κ1) is 14.6. The number of carboxylic acids is 1. The molecular formula is C15H14N2O4. The Bertz CT molecular complexity index is 668. The second kappa shape index (κ2) is 6.13. The van der Waals surface area contributed by atoms with Crippen LogP contribution in [-0.2, 0) is 11.2 Å². The molecule has 0 saturated heterocycles. The summed E-state index contributed by atoms with van der Waals surface area (Å²) in [7, 11) is 0. The van der Waals surface area contributed by atoms with E-state index in [0.717, 1.165) is 17.3 Å². The summed E-state index contributed by atoms with van der Waals surface area (Å²) in [5.41, 5.74) is 2.09. The van der Waals surface area contributed by atoms with Gasteiger partial charge in [0.1, 0.15) is 12.1 Å². The van der Waals surface area contributed by atoms with Crippen molar-refractivity contribution in [3.05, 3.63) is 69.5 Å². The third-order valence-electron chi connectivity index (χ3n) is 3.32. The van der Waals surface area contributed by atoms with Crippen molar-refractivity contribution in [3.8, 4) is 0 Å². The van der Waals surface area contributed by atoms with Gasteiger partial charge in [0.15, 0.2) is 0 Å². The van der Waals surface area contributed by atoms with Crippen molar-refractivity contribution >= 4 is 11.7 Å². The Labute approximate surface area is 121 Å². The minimum Gasteiger partial charge on any atom is -0.481 e. The van der Waals surface area contributed by atoms with E-state index in [-0.39, 0.29) is 5.69 Å². The molecule has 21 heavy (non-hydrogen) atoms. The predicted octanol–water partition coefficient (Wildman–Crippen LogP) is 2.71. The van der Waals surface area contributed by atoms with E-state index in [9.17, 15) is 20.0 Å². The first-order valence-electron chi connectivity index (χ1n) is 6.36. The largest absolute Gasteiger partial charge is 0.481 e. The van der Waals surface area contributed by atoms with E-state index in [1.807, 2.05) is 31.2 Å². The lowest BCUT2D eigenvalue weighted by molar-refractivity contribution is -0.385. The molecular weight excluding hydrogens is 272 g/mol. The van der Waals surface area contributed by atoms with E-state index < -0.39 is 16.8 Å². The highest BCUT2D eigenvalue weighted by molar-refractivity contribution is 5.76. The lowest BCUT2D eigenvalue weighted by Gasteiger charge is -2.13. The van der Waals surface area contributed by atoms with Crippen LogP contribution in [0.5, 0.6) is 0 Å². The minimum absolute atomic E-state index is 0.154. The molecule has 0 aliphatic rings. The van der Waals surface area contributed by atoms with Crippen LogP contribution in [0.2, 0.25) is 0 Å². The number of nitro groups is 1. The Balaban J connectivity index is 2.29. The van der Waals surface area contributed by atoms with E-state index in [2.05, 4.69) is 4.98 Å². The van der Waals surface area contributed by atoms with E-state index >= 15 is 0 Å². The zero-order valence-electron chi connectivity index (χ0n) is 11.4. The van der Waals surface area contributed by atoms with Gasteiger partial charge in [0.05, 0.1) is 10.6 Å². The van der Waals surface area contributed by atoms with Crippen LogP contribution < -0.4 is 0 Å². The molecule has 1 unspecified atom stereocenters. The zero-order valence-corrected chi connectivity index (χ0v) is 11.4. The van der Waals surface area contributed by atoms with Crippen molar-refractivity contribution in [1.82, 2.24) is 4.98 Å². The standard InChI is InChI=1S/C15H14N2O4/c1-10-4-2-3-5-11(10)8-13(15(18)19)14-7-6-12(9-16-14)17(20)21/h2-7,9,13H,8H2,1H3,(H,18,19). The third kappa shape index (κ3) is 3.42. The number of rotatable bonds is 5. The molecule has 2 aromatic rings. The second-order valence-corrected chi connectivity index (χ2v) is 4.72. The normalized spacial score (nSPS) is 11.9. The minimum atomic E-state index is -1.00. The van der Waals surface area contributed by atoms with Crippen LogP contribution in [0.4, 0.5) is 5.69 Å². The molecule has 1 aromatic heterocycles. The number of aryl methyl sites for hydroxylation is 1. The van der Waals surface area contributed by atoms with E-state index in [1.165, 1.54) is 12.1 Å². The van der Waals surface area contributed by atoms with Crippen LogP contribution in [0.25, 0.3) is 0 Å². The molecule has 0 fully saturated rings. The molecule has 6 nitrogen and oxygen atoms in total. The summed E-state index contributed by atoms with van der Waals surface area (Å²) in [5.74, 6) is -1.83. The van der Waals surface area contributed by atoms with Gasteiger partial charge < -0.3 is 5.11 Å². The number of aromatic nitrogens is 1. The Hall–Kier alpha value is -2.76. The van der Waals surface area contributed by atoms with Crippen molar-refractivity contribution < 1.29 is 14.8 Å². The van der Waals surface area contributed by atoms with Crippen LogP contribution in [-0.4, -0.2) is 21.0 Å². The van der Waals surface area contributed by atoms with Gasteiger partial charge in [-0.05, 0) is 30.5 Å². The van der Waals surface area contributed by atoms with Crippen LogP contribution >= 0.6 is 0 Å². The zero-order chi connectivity index (χ0) is 15.4. The predicted molar refractivity (Wildman–Crippen MR) is 76.2 cm³/mol. The van der Waals surface area contributed by atoms with E-state index in [1.54, 1.807) is 0 Å². The molecule has 0 spiro atoms. The molecule has 0 radical (unpaired) electrons. The summed E-state index contributed by atoms with van der Waals surface area (Å²) in [6.45, 7) is 1.91. The maximum atomic E-state index is 11.5. The number of hydrogen-bond donors (Lipinski definition) is 1. The molecule has 0 aliphatic heterocycles. The number of carboxylic acid groups (broad SMARTS) is 1. The monoisotopic (exact) mass is 286 g/mol. The van der Waals surface area contributed by atoms with Crippen molar-refractivity contribution in [2.75, 3.05) is 0 Å². The number of nitrogens with zero attached hydrogens (tertiary/aromatic N) is 2. The van der Waals surface area contributed by atoms with Gasteiger partial charge in [0, 0.05) is 6.07 Å². The smallest absolute Gasteiger partial charge is 0.312 e. The summed E-state index contributed by atoms with van der Waals surface area (Å²) >= 11 is 0. The van der Waals surface area contributed by atoms with E-state index in [0.29, 0.717) is 12.1 Å². The summed E-state index contributed by atoms with van der Waals surface area (Å²) in [5, 5.41) is 20.0. The molecule has 0 bridgehead atoms. The summed E-state index contributed by atoms with van der Waals surface area (Å²) in [6, 6.07) is 10.2. The Morgan fingerprint density at radius 3 is 2.57 bits per heavy atom. The van der Waals surface area contributed by atoms with Crippen LogP contribution in [0.15, 0.2) is 42.6 Å². The van der Waals surface area contributed by atoms with Crippen molar-refractivity contribution in [2.24, 2.45) is 0 Å².